The number of hydrogen-bond donors (Lipinski definition) is 2. The molecule has 72 valence electrons. The fourth-order valence-electron chi connectivity index (χ4n) is 0.704. The first kappa shape index (κ1) is 10.1. The lowest BCUT2D eigenvalue weighted by Gasteiger charge is -2.01. The highest BCUT2D eigenvalue weighted by atomic mass is 32.2. The van der Waals surface area contributed by atoms with Gasteiger partial charge in [0.25, 0.3) is 0 Å². The van der Waals surface area contributed by atoms with Crippen molar-refractivity contribution < 1.29 is 4.74 Å². The third kappa shape index (κ3) is 3.47. The molecule has 0 aliphatic rings. The average Bonchev–Trinajstić information content (AvgIpc) is 2.03. The Morgan fingerprint density at radius 3 is 2.54 bits per heavy atom. The summed E-state index contributed by atoms with van der Waals surface area (Å²) < 4.78 is 5.12. The molecule has 1 aromatic rings. The number of thioether (sulfide) groups is 1. The lowest BCUT2D eigenvalue weighted by Crippen LogP contribution is -2.00. The van der Waals surface area contributed by atoms with Gasteiger partial charge in [0.05, 0.1) is 5.94 Å². The minimum absolute atomic E-state index is 0.381. The zero-order valence-corrected chi connectivity index (χ0v) is 8.17. The number of hydrogen-bond acceptors (Lipinski definition) is 6. The summed E-state index contributed by atoms with van der Waals surface area (Å²) in [7, 11) is 0. The Bertz CT molecular complexity index is 261. The zero-order chi connectivity index (χ0) is 9.68. The summed E-state index contributed by atoms with van der Waals surface area (Å²) in [5.74, 6) is 1.28. The summed E-state index contributed by atoms with van der Waals surface area (Å²) >= 11 is 1.37. The van der Waals surface area contributed by atoms with Crippen LogP contribution in [0.25, 0.3) is 0 Å². The monoisotopic (exact) mass is 200 g/mol. The van der Waals surface area contributed by atoms with Crippen molar-refractivity contribution in [3.63, 3.8) is 0 Å². The Hall–Kier alpha value is -1.01. The highest BCUT2D eigenvalue weighted by Gasteiger charge is 2.00. The van der Waals surface area contributed by atoms with Gasteiger partial charge in [-0.3, -0.25) is 0 Å². The summed E-state index contributed by atoms with van der Waals surface area (Å²) in [6.07, 6.45) is 0. The van der Waals surface area contributed by atoms with Crippen LogP contribution in [-0.2, 0) is 4.74 Å². The second-order valence-electron chi connectivity index (χ2n) is 2.26. The molecule has 1 heterocycles. The molecule has 0 bridgehead atoms. The number of rotatable bonds is 4. The van der Waals surface area contributed by atoms with Gasteiger partial charge >= 0.3 is 0 Å². The van der Waals surface area contributed by atoms with Crippen LogP contribution >= 0.6 is 11.8 Å². The van der Waals surface area contributed by atoms with Gasteiger partial charge in [0.1, 0.15) is 11.6 Å². The molecule has 1 aromatic heterocycles. The number of nitrogens with zero attached hydrogens (tertiary/aromatic N) is 2. The van der Waals surface area contributed by atoms with Crippen LogP contribution in [0.2, 0.25) is 0 Å². The number of aromatic nitrogens is 2. The number of ether oxygens (including phenoxy) is 1. The molecule has 0 aromatic carbocycles. The highest BCUT2D eigenvalue weighted by molar-refractivity contribution is 7.99. The molecule has 0 amide bonds. The van der Waals surface area contributed by atoms with E-state index in [-0.39, 0.29) is 0 Å². The number of anilines is 2. The van der Waals surface area contributed by atoms with E-state index in [1.165, 1.54) is 17.8 Å². The van der Waals surface area contributed by atoms with E-state index in [1.54, 1.807) is 0 Å². The van der Waals surface area contributed by atoms with E-state index in [4.69, 9.17) is 16.2 Å². The molecule has 0 saturated carbocycles. The van der Waals surface area contributed by atoms with E-state index in [0.29, 0.717) is 29.3 Å². The van der Waals surface area contributed by atoms with Crippen LogP contribution in [0, 0.1) is 0 Å². The molecule has 0 atom stereocenters. The first-order chi connectivity index (χ1) is 6.22. The van der Waals surface area contributed by atoms with Crippen LogP contribution < -0.4 is 11.5 Å². The molecule has 5 nitrogen and oxygen atoms in total. The van der Waals surface area contributed by atoms with Gasteiger partial charge in [-0.1, -0.05) is 11.8 Å². The molecular weight excluding hydrogens is 188 g/mol. The minimum Gasteiger partial charge on any atom is -0.383 e. The summed E-state index contributed by atoms with van der Waals surface area (Å²) in [5, 5.41) is 0.547. The number of nitrogen functional groups attached to an aromatic ring is 2. The molecule has 0 saturated heterocycles. The molecule has 0 aliphatic heterocycles. The summed E-state index contributed by atoms with van der Waals surface area (Å²) in [5.41, 5.74) is 11.0. The van der Waals surface area contributed by atoms with Crippen molar-refractivity contribution in [2.75, 3.05) is 24.0 Å². The van der Waals surface area contributed by atoms with Crippen LogP contribution in [0.15, 0.2) is 11.2 Å². The Kier molecular flexibility index (Phi) is 3.78. The summed E-state index contributed by atoms with van der Waals surface area (Å²) in [6, 6.07) is 1.52. The van der Waals surface area contributed by atoms with Crippen LogP contribution in [0.1, 0.15) is 6.92 Å². The van der Waals surface area contributed by atoms with Crippen molar-refractivity contribution in [3.05, 3.63) is 6.07 Å². The smallest absolute Gasteiger partial charge is 0.193 e. The molecule has 13 heavy (non-hydrogen) atoms. The maximum atomic E-state index is 5.48. The van der Waals surface area contributed by atoms with Gasteiger partial charge in [0.2, 0.25) is 0 Å². The highest BCUT2D eigenvalue weighted by Crippen LogP contribution is 2.15. The predicted molar refractivity (Wildman–Crippen MR) is 53.2 cm³/mol. The quantitative estimate of drug-likeness (QED) is 0.322. The fraction of sp³-hybridized carbons (Fsp3) is 0.429. The molecule has 1 rings (SSSR count). The second-order valence-corrected chi connectivity index (χ2v) is 3.14. The van der Waals surface area contributed by atoms with Crippen molar-refractivity contribution in [1.29, 1.82) is 0 Å². The van der Waals surface area contributed by atoms with Crippen LogP contribution in [0.3, 0.4) is 0 Å². The molecule has 0 unspecified atom stereocenters. The predicted octanol–water partition coefficient (Wildman–Crippen LogP) is 0.727. The molecule has 0 fully saturated rings. The van der Waals surface area contributed by atoms with Crippen LogP contribution in [0.4, 0.5) is 11.6 Å². The van der Waals surface area contributed by atoms with E-state index in [0.717, 1.165) is 0 Å². The van der Waals surface area contributed by atoms with Gasteiger partial charge < -0.3 is 16.2 Å². The molecule has 0 radical (unpaired) electrons. The summed E-state index contributed by atoms with van der Waals surface area (Å²) in [4.78, 5) is 7.95. The largest absolute Gasteiger partial charge is 0.383 e. The van der Waals surface area contributed by atoms with Gasteiger partial charge in [0.15, 0.2) is 5.16 Å². The molecule has 4 N–H and O–H groups in total. The van der Waals surface area contributed by atoms with E-state index < -0.39 is 0 Å². The van der Waals surface area contributed by atoms with Gasteiger partial charge in [-0.25, -0.2) is 9.97 Å². The number of nitrogens with two attached hydrogens (primary N) is 2. The Labute approximate surface area is 80.9 Å². The molecular formula is C7H12N4OS. The first-order valence-electron chi connectivity index (χ1n) is 3.83. The maximum absolute atomic E-state index is 5.48. The van der Waals surface area contributed by atoms with Gasteiger partial charge in [-0.2, -0.15) is 0 Å². The van der Waals surface area contributed by atoms with Crippen LogP contribution in [0.5, 0.6) is 0 Å². The topological polar surface area (TPSA) is 87.0 Å². The molecule has 6 heteroatoms. The Morgan fingerprint density at radius 1 is 1.38 bits per heavy atom. The standard InChI is InChI=1S/C7H12N4OS/c1-2-12-4-13-7-10-5(8)3-6(9)11-7/h3H,2,4H2,1H3,(H4,8,9,10,11). The maximum Gasteiger partial charge on any atom is 0.193 e. The van der Waals surface area contributed by atoms with E-state index in [9.17, 15) is 0 Å². The second kappa shape index (κ2) is 4.88. The van der Waals surface area contributed by atoms with E-state index >= 15 is 0 Å². The third-order valence-corrected chi connectivity index (χ3v) is 1.95. The zero-order valence-electron chi connectivity index (χ0n) is 7.36. The molecule has 0 spiro atoms. The Balaban J connectivity index is 2.56. The normalized spacial score (nSPS) is 10.2. The lowest BCUT2D eigenvalue weighted by molar-refractivity contribution is 0.199. The SMILES string of the molecule is CCOCSc1nc(N)cc(N)n1. The molecule has 0 aliphatic carbocycles. The van der Waals surface area contributed by atoms with Gasteiger partial charge in [-0.15, -0.1) is 0 Å². The van der Waals surface area contributed by atoms with Gasteiger partial charge in [-0.05, 0) is 6.92 Å². The van der Waals surface area contributed by atoms with E-state index in [2.05, 4.69) is 9.97 Å². The van der Waals surface area contributed by atoms with Crippen LogP contribution in [-0.4, -0.2) is 22.5 Å². The first-order valence-corrected chi connectivity index (χ1v) is 4.81. The lowest BCUT2D eigenvalue weighted by atomic mass is 10.5. The van der Waals surface area contributed by atoms with Crippen molar-refractivity contribution >= 4 is 23.4 Å². The van der Waals surface area contributed by atoms with E-state index in [1.807, 2.05) is 6.92 Å². The summed E-state index contributed by atoms with van der Waals surface area (Å²) in [6.45, 7) is 2.60. The third-order valence-electron chi connectivity index (χ3n) is 1.22. The minimum atomic E-state index is 0.381. The van der Waals surface area contributed by atoms with Crippen molar-refractivity contribution in [3.8, 4) is 0 Å². The van der Waals surface area contributed by atoms with Gasteiger partial charge in [0, 0.05) is 12.7 Å². The van der Waals surface area contributed by atoms with Crippen molar-refractivity contribution in [2.45, 2.75) is 12.1 Å². The van der Waals surface area contributed by atoms with Crippen molar-refractivity contribution in [2.24, 2.45) is 0 Å². The average molecular weight is 200 g/mol. The fourth-order valence-corrected chi connectivity index (χ4v) is 1.40. The Morgan fingerprint density at radius 2 is 2.00 bits per heavy atom. The van der Waals surface area contributed by atoms with Crippen molar-refractivity contribution in [1.82, 2.24) is 9.97 Å².